The average Bonchev–Trinajstić information content (AvgIpc) is 2.79. The Bertz CT molecular complexity index is 994. The summed E-state index contributed by atoms with van der Waals surface area (Å²) in [7, 11) is 0. The third kappa shape index (κ3) is 5.82. The number of nitriles is 1. The molecular formula is C24H26FN3O3. The van der Waals surface area contributed by atoms with Crippen LogP contribution >= 0.6 is 0 Å². The van der Waals surface area contributed by atoms with Crippen LogP contribution < -0.4 is 10.1 Å². The van der Waals surface area contributed by atoms with Crippen molar-refractivity contribution >= 4 is 11.8 Å². The van der Waals surface area contributed by atoms with Crippen LogP contribution in [0.4, 0.5) is 4.39 Å². The minimum absolute atomic E-state index is 0.0781. The maximum atomic E-state index is 13.6. The van der Waals surface area contributed by atoms with E-state index < -0.39 is 6.10 Å². The van der Waals surface area contributed by atoms with E-state index in [0.29, 0.717) is 42.8 Å². The number of likely N-dealkylation sites (tertiary alicyclic amines) is 1. The number of nitrogens with one attached hydrogen (secondary N) is 1. The standard InChI is InChI=1S/C24H26FN3O3/c1-16-6-7-19(13-22(16)25)15-27-23(29)20-8-10-28(11-9-20)24(30)17(2)31-21-5-3-4-18(12-21)14-26/h3-7,12-13,17,20H,8-11,15H2,1-2H3,(H,27,29). The van der Waals surface area contributed by atoms with Crippen molar-refractivity contribution in [3.05, 3.63) is 65.0 Å². The van der Waals surface area contributed by atoms with E-state index in [4.69, 9.17) is 10.00 Å². The number of rotatable bonds is 6. The number of halogens is 1. The van der Waals surface area contributed by atoms with E-state index in [2.05, 4.69) is 5.32 Å². The summed E-state index contributed by atoms with van der Waals surface area (Å²) in [6, 6.07) is 13.7. The van der Waals surface area contributed by atoms with Crippen LogP contribution in [0.5, 0.6) is 5.75 Å². The lowest BCUT2D eigenvalue weighted by Crippen LogP contribution is -2.47. The monoisotopic (exact) mass is 423 g/mol. The highest BCUT2D eigenvalue weighted by Crippen LogP contribution is 2.20. The lowest BCUT2D eigenvalue weighted by molar-refractivity contribution is -0.141. The fraction of sp³-hybridized carbons (Fsp3) is 0.375. The molecule has 1 aliphatic rings. The zero-order valence-electron chi connectivity index (χ0n) is 17.7. The van der Waals surface area contributed by atoms with E-state index in [0.717, 1.165) is 5.56 Å². The highest BCUT2D eigenvalue weighted by atomic mass is 19.1. The molecule has 31 heavy (non-hydrogen) atoms. The van der Waals surface area contributed by atoms with E-state index in [1.165, 1.54) is 6.07 Å². The average molecular weight is 423 g/mol. The van der Waals surface area contributed by atoms with E-state index >= 15 is 0 Å². The third-order valence-corrected chi connectivity index (χ3v) is 5.50. The van der Waals surface area contributed by atoms with Gasteiger partial charge in [0.25, 0.3) is 5.91 Å². The zero-order valence-corrected chi connectivity index (χ0v) is 17.7. The van der Waals surface area contributed by atoms with Crippen LogP contribution in [-0.2, 0) is 16.1 Å². The van der Waals surface area contributed by atoms with E-state index in [-0.39, 0.29) is 30.1 Å². The number of carbonyl (C=O) groups is 2. The number of amides is 2. The van der Waals surface area contributed by atoms with Crippen molar-refractivity contribution < 1.29 is 18.7 Å². The number of piperidine rings is 1. The molecule has 3 rings (SSSR count). The van der Waals surface area contributed by atoms with Crippen LogP contribution in [0.3, 0.4) is 0 Å². The van der Waals surface area contributed by atoms with Crippen molar-refractivity contribution in [2.24, 2.45) is 5.92 Å². The molecule has 1 fully saturated rings. The molecule has 6 nitrogen and oxygen atoms in total. The fourth-order valence-electron chi connectivity index (χ4n) is 3.59. The van der Waals surface area contributed by atoms with Gasteiger partial charge in [-0.1, -0.05) is 18.2 Å². The number of nitrogens with zero attached hydrogens (tertiary/aromatic N) is 2. The summed E-state index contributed by atoms with van der Waals surface area (Å²) >= 11 is 0. The molecule has 2 amide bonds. The van der Waals surface area contributed by atoms with Gasteiger partial charge in [-0.05, 0) is 62.1 Å². The van der Waals surface area contributed by atoms with Crippen molar-refractivity contribution in [3.8, 4) is 11.8 Å². The summed E-state index contributed by atoms with van der Waals surface area (Å²) in [6.45, 7) is 4.61. The number of hydrogen-bond acceptors (Lipinski definition) is 4. The number of benzene rings is 2. The largest absolute Gasteiger partial charge is 0.481 e. The van der Waals surface area contributed by atoms with E-state index in [1.54, 1.807) is 55.1 Å². The Morgan fingerprint density at radius 1 is 1.26 bits per heavy atom. The Hall–Kier alpha value is -3.40. The normalized spacial score (nSPS) is 15.1. The zero-order chi connectivity index (χ0) is 22.4. The lowest BCUT2D eigenvalue weighted by atomic mass is 9.95. The van der Waals surface area contributed by atoms with Crippen molar-refractivity contribution in [1.29, 1.82) is 5.26 Å². The molecule has 0 saturated carbocycles. The van der Waals surface area contributed by atoms with Gasteiger partial charge in [-0.15, -0.1) is 0 Å². The number of aryl methyl sites for hydroxylation is 1. The first kappa shape index (κ1) is 22.3. The smallest absolute Gasteiger partial charge is 0.263 e. The van der Waals surface area contributed by atoms with Gasteiger partial charge < -0.3 is 15.0 Å². The van der Waals surface area contributed by atoms with Crippen LogP contribution in [0.2, 0.25) is 0 Å². The van der Waals surface area contributed by atoms with Gasteiger partial charge in [0.15, 0.2) is 6.10 Å². The van der Waals surface area contributed by atoms with E-state index in [9.17, 15) is 14.0 Å². The van der Waals surface area contributed by atoms with Gasteiger partial charge in [0.1, 0.15) is 11.6 Å². The summed E-state index contributed by atoms with van der Waals surface area (Å²) in [6.07, 6.45) is 0.447. The Morgan fingerprint density at radius 2 is 2.00 bits per heavy atom. The summed E-state index contributed by atoms with van der Waals surface area (Å²) in [5.41, 5.74) is 1.76. The first-order valence-corrected chi connectivity index (χ1v) is 10.4. The Labute approximate surface area is 181 Å². The second kappa shape index (κ2) is 10.1. The van der Waals surface area contributed by atoms with Crippen molar-refractivity contribution in [3.63, 3.8) is 0 Å². The third-order valence-electron chi connectivity index (χ3n) is 5.50. The Balaban J connectivity index is 1.46. The quantitative estimate of drug-likeness (QED) is 0.773. The molecule has 0 radical (unpaired) electrons. The fourth-order valence-corrected chi connectivity index (χ4v) is 3.59. The van der Waals surface area contributed by atoms with Crippen LogP contribution in [0.25, 0.3) is 0 Å². The van der Waals surface area contributed by atoms with Crippen LogP contribution in [0, 0.1) is 30.0 Å². The topological polar surface area (TPSA) is 82.4 Å². The molecule has 0 spiro atoms. The molecule has 7 heteroatoms. The summed E-state index contributed by atoms with van der Waals surface area (Å²) in [5, 5.41) is 11.8. The first-order valence-electron chi connectivity index (χ1n) is 10.4. The number of carbonyl (C=O) groups excluding carboxylic acids is 2. The molecule has 0 bridgehead atoms. The molecule has 2 aromatic carbocycles. The molecule has 1 N–H and O–H groups in total. The summed E-state index contributed by atoms with van der Waals surface area (Å²) in [5.74, 6) is -0.208. The first-order chi connectivity index (χ1) is 14.9. The molecule has 1 aliphatic heterocycles. The highest BCUT2D eigenvalue weighted by molar-refractivity contribution is 5.82. The molecule has 1 unspecified atom stereocenters. The summed E-state index contributed by atoms with van der Waals surface area (Å²) < 4.78 is 19.3. The molecular weight excluding hydrogens is 397 g/mol. The lowest BCUT2D eigenvalue weighted by Gasteiger charge is -2.33. The minimum atomic E-state index is -0.684. The second-order valence-electron chi connectivity index (χ2n) is 7.80. The van der Waals surface area contributed by atoms with Crippen molar-refractivity contribution in [2.75, 3.05) is 13.1 Å². The number of ether oxygens (including phenoxy) is 1. The molecule has 162 valence electrons. The van der Waals surface area contributed by atoms with Gasteiger partial charge in [0.2, 0.25) is 5.91 Å². The van der Waals surface area contributed by atoms with Gasteiger partial charge in [-0.25, -0.2) is 4.39 Å². The van der Waals surface area contributed by atoms with Gasteiger partial charge in [-0.3, -0.25) is 9.59 Å². The molecule has 0 aliphatic carbocycles. The minimum Gasteiger partial charge on any atom is -0.481 e. The molecule has 1 heterocycles. The van der Waals surface area contributed by atoms with Crippen LogP contribution in [0.1, 0.15) is 36.5 Å². The SMILES string of the molecule is Cc1ccc(CNC(=O)C2CCN(C(=O)C(C)Oc3cccc(C#N)c3)CC2)cc1F. The number of hydrogen-bond donors (Lipinski definition) is 1. The maximum Gasteiger partial charge on any atom is 0.263 e. The molecule has 1 atom stereocenters. The predicted molar refractivity (Wildman–Crippen MR) is 114 cm³/mol. The maximum absolute atomic E-state index is 13.6. The van der Waals surface area contributed by atoms with Crippen LogP contribution in [-0.4, -0.2) is 35.9 Å². The Morgan fingerprint density at radius 3 is 2.68 bits per heavy atom. The van der Waals surface area contributed by atoms with Gasteiger partial charge in [0.05, 0.1) is 11.6 Å². The van der Waals surface area contributed by atoms with Crippen LogP contribution in [0.15, 0.2) is 42.5 Å². The Kier molecular flexibility index (Phi) is 7.24. The molecule has 2 aromatic rings. The van der Waals surface area contributed by atoms with Gasteiger partial charge in [0, 0.05) is 25.6 Å². The van der Waals surface area contributed by atoms with Gasteiger partial charge >= 0.3 is 0 Å². The molecule has 1 saturated heterocycles. The molecule has 0 aromatic heterocycles. The summed E-state index contributed by atoms with van der Waals surface area (Å²) in [4.78, 5) is 26.9. The predicted octanol–water partition coefficient (Wildman–Crippen LogP) is 3.33. The van der Waals surface area contributed by atoms with Crippen molar-refractivity contribution in [1.82, 2.24) is 10.2 Å². The van der Waals surface area contributed by atoms with Crippen molar-refractivity contribution in [2.45, 2.75) is 39.3 Å². The van der Waals surface area contributed by atoms with Gasteiger partial charge in [-0.2, -0.15) is 5.26 Å². The highest BCUT2D eigenvalue weighted by Gasteiger charge is 2.30. The second-order valence-corrected chi connectivity index (χ2v) is 7.80. The van der Waals surface area contributed by atoms with E-state index in [1.807, 2.05) is 6.07 Å².